The lowest BCUT2D eigenvalue weighted by molar-refractivity contribution is -0.140. The summed E-state index contributed by atoms with van der Waals surface area (Å²) in [5.41, 5.74) is 4.34. The Morgan fingerprint density at radius 2 is 1.68 bits per heavy atom. The number of amides is 2. The van der Waals surface area contributed by atoms with Crippen molar-refractivity contribution in [1.29, 1.82) is 0 Å². The molecule has 2 aliphatic rings. The quantitative estimate of drug-likeness (QED) is 0.550. The van der Waals surface area contributed by atoms with E-state index in [0.29, 0.717) is 18.9 Å². The molecule has 1 aliphatic carbocycles. The number of benzene rings is 2. The Balaban J connectivity index is 1.37. The van der Waals surface area contributed by atoms with Crippen LogP contribution in [0.5, 0.6) is 0 Å². The van der Waals surface area contributed by atoms with E-state index >= 15 is 0 Å². The van der Waals surface area contributed by atoms with Gasteiger partial charge in [0, 0.05) is 5.92 Å². The first kappa shape index (κ1) is 23.8. The minimum Gasteiger partial charge on any atom is -0.481 e. The van der Waals surface area contributed by atoms with Gasteiger partial charge in [0.1, 0.15) is 12.6 Å². The smallest absolute Gasteiger partial charge is 0.407 e. The predicted molar refractivity (Wildman–Crippen MR) is 125 cm³/mol. The molecule has 1 heterocycles. The second-order valence-corrected chi connectivity index (χ2v) is 9.18. The fraction of sp³-hybridized carbons (Fsp3) is 0.423. The lowest BCUT2D eigenvalue weighted by Gasteiger charge is -2.20. The van der Waals surface area contributed by atoms with E-state index < -0.39 is 30.4 Å². The van der Waals surface area contributed by atoms with Crippen molar-refractivity contribution in [1.82, 2.24) is 10.6 Å². The van der Waals surface area contributed by atoms with Crippen LogP contribution in [0.3, 0.4) is 0 Å². The molecule has 2 aromatic rings. The van der Waals surface area contributed by atoms with Crippen molar-refractivity contribution >= 4 is 18.0 Å². The second-order valence-electron chi connectivity index (χ2n) is 9.18. The van der Waals surface area contributed by atoms with Crippen molar-refractivity contribution in [2.45, 2.75) is 50.8 Å². The van der Waals surface area contributed by atoms with Gasteiger partial charge in [0.15, 0.2) is 0 Å². The number of carboxylic acid groups (broad SMARTS) is 1. The summed E-state index contributed by atoms with van der Waals surface area (Å²) in [4.78, 5) is 36.6. The van der Waals surface area contributed by atoms with Crippen LogP contribution in [-0.4, -0.2) is 54.5 Å². The second kappa shape index (κ2) is 10.3. The van der Waals surface area contributed by atoms with Crippen LogP contribution in [-0.2, 0) is 19.1 Å². The molecule has 3 unspecified atom stereocenters. The third-order valence-electron chi connectivity index (χ3n) is 6.45. The SMILES string of the molecule is CC(C)C1CC(NC(=O)C(CC(=O)O)NC(=O)OCC2c3ccccc3-c3ccccc32)CO1. The van der Waals surface area contributed by atoms with Gasteiger partial charge in [-0.15, -0.1) is 0 Å². The first-order chi connectivity index (χ1) is 16.3. The fourth-order valence-corrected chi connectivity index (χ4v) is 4.69. The zero-order valence-corrected chi connectivity index (χ0v) is 19.3. The predicted octanol–water partition coefficient (Wildman–Crippen LogP) is 3.30. The average molecular weight is 467 g/mol. The zero-order chi connectivity index (χ0) is 24.2. The van der Waals surface area contributed by atoms with Gasteiger partial charge in [0.25, 0.3) is 0 Å². The van der Waals surface area contributed by atoms with Crippen molar-refractivity contribution < 1.29 is 29.0 Å². The Kier molecular flexibility index (Phi) is 7.17. The number of aliphatic carboxylic acids is 1. The Bertz CT molecular complexity index is 1020. The molecular formula is C26H30N2O6. The molecule has 0 saturated carbocycles. The van der Waals surface area contributed by atoms with Crippen molar-refractivity contribution in [3.63, 3.8) is 0 Å². The first-order valence-corrected chi connectivity index (χ1v) is 11.6. The average Bonchev–Trinajstić information content (AvgIpc) is 3.40. The highest BCUT2D eigenvalue weighted by molar-refractivity contribution is 5.89. The van der Waals surface area contributed by atoms with Gasteiger partial charge < -0.3 is 25.2 Å². The number of ether oxygens (including phenoxy) is 2. The van der Waals surface area contributed by atoms with E-state index in [0.717, 1.165) is 22.3 Å². The van der Waals surface area contributed by atoms with Crippen LogP contribution in [0.4, 0.5) is 4.79 Å². The number of fused-ring (bicyclic) bond motifs is 3. The van der Waals surface area contributed by atoms with Crippen LogP contribution in [0.25, 0.3) is 11.1 Å². The summed E-state index contributed by atoms with van der Waals surface area (Å²) in [6, 6.07) is 14.5. The highest BCUT2D eigenvalue weighted by Gasteiger charge is 2.33. The summed E-state index contributed by atoms with van der Waals surface area (Å²) in [5, 5.41) is 14.5. The summed E-state index contributed by atoms with van der Waals surface area (Å²) < 4.78 is 11.2. The number of carbonyl (C=O) groups excluding carboxylic acids is 2. The van der Waals surface area contributed by atoms with E-state index in [2.05, 4.69) is 10.6 Å². The van der Waals surface area contributed by atoms with Gasteiger partial charge >= 0.3 is 12.1 Å². The standard InChI is InChI=1S/C26H30N2O6/c1-15(2)23-11-16(13-33-23)27-25(31)22(12-24(29)30)28-26(32)34-14-21-19-9-5-3-7-17(19)18-8-4-6-10-20(18)21/h3-10,15-16,21-23H,11-14H2,1-2H3,(H,27,31)(H,28,32)(H,29,30). The van der Waals surface area contributed by atoms with Crippen LogP contribution >= 0.6 is 0 Å². The number of carbonyl (C=O) groups is 3. The van der Waals surface area contributed by atoms with Gasteiger partial charge in [-0.3, -0.25) is 9.59 Å². The van der Waals surface area contributed by atoms with Crippen LogP contribution in [0.15, 0.2) is 48.5 Å². The molecule has 1 saturated heterocycles. The maximum absolute atomic E-state index is 12.7. The Morgan fingerprint density at radius 3 is 2.24 bits per heavy atom. The van der Waals surface area contributed by atoms with E-state index in [1.54, 1.807) is 0 Å². The van der Waals surface area contributed by atoms with Gasteiger partial charge in [0.05, 0.1) is 25.2 Å². The molecule has 180 valence electrons. The van der Waals surface area contributed by atoms with Crippen LogP contribution in [0.1, 0.15) is 43.7 Å². The summed E-state index contributed by atoms with van der Waals surface area (Å²) in [5.74, 6) is -1.57. The Hall–Kier alpha value is -3.39. The number of nitrogens with one attached hydrogen (secondary N) is 2. The Labute approximate surface area is 198 Å². The number of hydrogen-bond acceptors (Lipinski definition) is 5. The highest BCUT2D eigenvalue weighted by atomic mass is 16.5. The molecule has 4 rings (SSSR count). The number of rotatable bonds is 8. The van der Waals surface area contributed by atoms with Gasteiger partial charge in [-0.1, -0.05) is 62.4 Å². The highest BCUT2D eigenvalue weighted by Crippen LogP contribution is 2.44. The van der Waals surface area contributed by atoms with Gasteiger partial charge in [-0.2, -0.15) is 0 Å². The number of carboxylic acids is 1. The molecule has 2 amide bonds. The maximum atomic E-state index is 12.7. The molecular weight excluding hydrogens is 436 g/mol. The molecule has 8 heteroatoms. The van der Waals surface area contributed by atoms with E-state index in [4.69, 9.17) is 9.47 Å². The van der Waals surface area contributed by atoms with Gasteiger partial charge in [0.2, 0.25) is 5.91 Å². The molecule has 0 spiro atoms. The zero-order valence-electron chi connectivity index (χ0n) is 19.3. The lowest BCUT2D eigenvalue weighted by atomic mass is 9.98. The summed E-state index contributed by atoms with van der Waals surface area (Å²) in [7, 11) is 0. The van der Waals surface area contributed by atoms with E-state index in [9.17, 15) is 19.5 Å². The molecule has 1 fully saturated rings. The van der Waals surface area contributed by atoms with Crippen molar-refractivity contribution in [3.05, 3.63) is 59.7 Å². The third kappa shape index (κ3) is 5.22. The molecule has 0 aromatic heterocycles. The summed E-state index contributed by atoms with van der Waals surface area (Å²) in [6.45, 7) is 4.52. The van der Waals surface area contributed by atoms with Crippen LogP contribution in [0.2, 0.25) is 0 Å². The van der Waals surface area contributed by atoms with Gasteiger partial charge in [-0.25, -0.2) is 4.79 Å². The normalized spacial score (nSPS) is 19.9. The minimum absolute atomic E-state index is 0.0401. The molecule has 1 aliphatic heterocycles. The summed E-state index contributed by atoms with van der Waals surface area (Å²) >= 11 is 0. The first-order valence-electron chi connectivity index (χ1n) is 11.6. The molecule has 34 heavy (non-hydrogen) atoms. The van der Waals surface area contributed by atoms with E-state index in [-0.39, 0.29) is 24.7 Å². The third-order valence-corrected chi connectivity index (χ3v) is 6.45. The van der Waals surface area contributed by atoms with E-state index in [1.807, 2.05) is 62.4 Å². The molecule has 8 nitrogen and oxygen atoms in total. The molecule has 0 radical (unpaired) electrons. The molecule has 0 bridgehead atoms. The van der Waals surface area contributed by atoms with E-state index in [1.165, 1.54) is 0 Å². The fourth-order valence-electron chi connectivity index (χ4n) is 4.69. The topological polar surface area (TPSA) is 114 Å². The van der Waals surface area contributed by atoms with Gasteiger partial charge in [-0.05, 0) is 34.6 Å². The number of alkyl carbamates (subject to hydrolysis) is 1. The van der Waals surface area contributed by atoms with Crippen molar-refractivity contribution in [2.75, 3.05) is 13.2 Å². The molecule has 3 atom stereocenters. The molecule has 3 N–H and O–H groups in total. The molecule has 2 aromatic carbocycles. The Morgan fingerprint density at radius 1 is 1.06 bits per heavy atom. The van der Waals surface area contributed by atoms with Crippen molar-refractivity contribution in [2.24, 2.45) is 5.92 Å². The number of hydrogen-bond donors (Lipinski definition) is 3. The maximum Gasteiger partial charge on any atom is 0.407 e. The summed E-state index contributed by atoms with van der Waals surface area (Å²) in [6.07, 6.45) is -0.685. The lowest BCUT2D eigenvalue weighted by Crippen LogP contribution is -2.51. The largest absolute Gasteiger partial charge is 0.481 e. The van der Waals surface area contributed by atoms with Crippen LogP contribution in [0, 0.1) is 5.92 Å². The van der Waals surface area contributed by atoms with Crippen molar-refractivity contribution in [3.8, 4) is 11.1 Å². The monoisotopic (exact) mass is 466 g/mol. The minimum atomic E-state index is -1.24. The van der Waals surface area contributed by atoms with Crippen LogP contribution < -0.4 is 10.6 Å².